The lowest BCUT2D eigenvalue weighted by Gasteiger charge is -2.13. The van der Waals surface area contributed by atoms with Gasteiger partial charge in [-0.25, -0.2) is 4.39 Å². The highest BCUT2D eigenvalue weighted by Gasteiger charge is 2.35. The minimum atomic E-state index is -4.64. The minimum Gasteiger partial charge on any atom is -0.322 e. The van der Waals surface area contributed by atoms with Gasteiger partial charge in [0.05, 0.1) is 11.1 Å². The number of amides is 1. The SMILES string of the molecule is O=C(Nc1ccc(F)cc1)c1cc(Br)ccc1C(F)(F)F. The van der Waals surface area contributed by atoms with E-state index in [4.69, 9.17) is 0 Å². The zero-order chi connectivity index (χ0) is 15.6. The van der Waals surface area contributed by atoms with Crippen molar-refractivity contribution in [2.24, 2.45) is 0 Å². The molecule has 0 aliphatic rings. The quantitative estimate of drug-likeness (QED) is 0.760. The van der Waals surface area contributed by atoms with Crippen LogP contribution in [0.15, 0.2) is 46.9 Å². The van der Waals surface area contributed by atoms with Crippen molar-refractivity contribution in [1.82, 2.24) is 0 Å². The molecule has 2 rings (SSSR count). The summed E-state index contributed by atoms with van der Waals surface area (Å²) in [6.45, 7) is 0. The highest BCUT2D eigenvalue weighted by atomic mass is 79.9. The van der Waals surface area contributed by atoms with Crippen LogP contribution in [0.4, 0.5) is 23.2 Å². The summed E-state index contributed by atoms with van der Waals surface area (Å²) in [6.07, 6.45) is -4.64. The molecule has 0 aliphatic heterocycles. The normalized spacial score (nSPS) is 11.3. The molecule has 7 heteroatoms. The Hall–Kier alpha value is -1.89. The fraction of sp³-hybridized carbons (Fsp3) is 0.0714. The van der Waals surface area contributed by atoms with E-state index < -0.39 is 29.0 Å². The Morgan fingerprint density at radius 3 is 2.24 bits per heavy atom. The molecule has 0 aliphatic carbocycles. The van der Waals surface area contributed by atoms with Crippen LogP contribution in [-0.2, 0) is 6.18 Å². The van der Waals surface area contributed by atoms with Gasteiger partial charge in [0.2, 0.25) is 0 Å². The first-order valence-electron chi connectivity index (χ1n) is 5.71. The number of hydrogen-bond donors (Lipinski definition) is 1. The Morgan fingerprint density at radius 1 is 1.05 bits per heavy atom. The zero-order valence-corrected chi connectivity index (χ0v) is 11.9. The van der Waals surface area contributed by atoms with E-state index in [0.717, 1.165) is 24.3 Å². The number of carbonyl (C=O) groups excluding carboxylic acids is 1. The van der Waals surface area contributed by atoms with Crippen LogP contribution in [0.1, 0.15) is 15.9 Å². The molecule has 0 fully saturated rings. The van der Waals surface area contributed by atoms with E-state index >= 15 is 0 Å². The average molecular weight is 362 g/mol. The van der Waals surface area contributed by atoms with Crippen molar-refractivity contribution in [1.29, 1.82) is 0 Å². The summed E-state index contributed by atoms with van der Waals surface area (Å²) in [5.41, 5.74) is -1.35. The summed E-state index contributed by atoms with van der Waals surface area (Å²) in [6, 6.07) is 7.84. The summed E-state index contributed by atoms with van der Waals surface area (Å²) in [5.74, 6) is -1.43. The number of alkyl halides is 3. The van der Waals surface area contributed by atoms with Gasteiger partial charge in [0, 0.05) is 10.2 Å². The predicted molar refractivity (Wildman–Crippen MR) is 73.5 cm³/mol. The maximum atomic E-state index is 12.9. The van der Waals surface area contributed by atoms with E-state index in [9.17, 15) is 22.4 Å². The first kappa shape index (κ1) is 15.5. The number of carbonyl (C=O) groups is 1. The molecule has 0 heterocycles. The molecule has 21 heavy (non-hydrogen) atoms. The summed E-state index contributed by atoms with van der Waals surface area (Å²) >= 11 is 3.03. The first-order chi connectivity index (χ1) is 9.77. The Morgan fingerprint density at radius 2 is 1.67 bits per heavy atom. The molecule has 2 nitrogen and oxygen atoms in total. The third-order valence-corrected chi connectivity index (χ3v) is 3.13. The number of rotatable bonds is 2. The summed E-state index contributed by atoms with van der Waals surface area (Å²) in [5, 5.41) is 2.30. The van der Waals surface area contributed by atoms with Crippen molar-refractivity contribution in [3.63, 3.8) is 0 Å². The topological polar surface area (TPSA) is 29.1 Å². The van der Waals surface area contributed by atoms with E-state index in [-0.39, 0.29) is 5.69 Å². The molecule has 0 saturated carbocycles. The van der Waals surface area contributed by atoms with E-state index in [0.29, 0.717) is 4.47 Å². The molecular formula is C14H8BrF4NO. The third kappa shape index (κ3) is 3.81. The summed E-state index contributed by atoms with van der Waals surface area (Å²) < 4.78 is 51.8. The molecule has 0 saturated heterocycles. The van der Waals surface area contributed by atoms with Crippen molar-refractivity contribution in [3.05, 3.63) is 63.9 Å². The molecule has 0 unspecified atom stereocenters. The van der Waals surface area contributed by atoms with Gasteiger partial charge in [-0.15, -0.1) is 0 Å². The molecule has 0 atom stereocenters. The van der Waals surface area contributed by atoms with Gasteiger partial charge < -0.3 is 5.32 Å². The van der Waals surface area contributed by atoms with Gasteiger partial charge in [0.15, 0.2) is 0 Å². The largest absolute Gasteiger partial charge is 0.417 e. The standard InChI is InChI=1S/C14H8BrF4NO/c15-8-1-6-12(14(17,18)19)11(7-8)13(21)20-10-4-2-9(16)3-5-10/h1-7H,(H,20,21). The molecule has 0 aromatic heterocycles. The van der Waals surface area contributed by atoms with Gasteiger partial charge in [-0.2, -0.15) is 13.2 Å². The Labute approximate surface area is 125 Å². The van der Waals surface area contributed by atoms with Crippen molar-refractivity contribution in [2.45, 2.75) is 6.18 Å². The van der Waals surface area contributed by atoms with E-state index in [1.54, 1.807) is 0 Å². The van der Waals surface area contributed by atoms with Gasteiger partial charge in [-0.1, -0.05) is 15.9 Å². The van der Waals surface area contributed by atoms with E-state index in [1.807, 2.05) is 0 Å². The smallest absolute Gasteiger partial charge is 0.322 e. The second-order valence-corrected chi connectivity index (χ2v) is 5.06. The number of nitrogens with one attached hydrogen (secondary N) is 1. The monoisotopic (exact) mass is 361 g/mol. The fourth-order valence-electron chi connectivity index (χ4n) is 1.68. The average Bonchev–Trinajstić information content (AvgIpc) is 2.40. The van der Waals surface area contributed by atoms with Crippen LogP contribution in [0.2, 0.25) is 0 Å². The molecule has 1 amide bonds. The molecule has 1 N–H and O–H groups in total. The van der Waals surface area contributed by atoms with Crippen LogP contribution in [0, 0.1) is 5.82 Å². The molecule has 110 valence electrons. The molecular weight excluding hydrogens is 354 g/mol. The van der Waals surface area contributed by atoms with E-state index in [1.165, 1.54) is 18.2 Å². The maximum Gasteiger partial charge on any atom is 0.417 e. The lowest BCUT2D eigenvalue weighted by atomic mass is 10.1. The minimum absolute atomic E-state index is 0.203. The van der Waals surface area contributed by atoms with Gasteiger partial charge in [0.1, 0.15) is 5.82 Å². The molecule has 2 aromatic carbocycles. The van der Waals surface area contributed by atoms with Crippen LogP contribution >= 0.6 is 15.9 Å². The molecule has 0 spiro atoms. The third-order valence-electron chi connectivity index (χ3n) is 2.63. The van der Waals surface area contributed by atoms with Crippen molar-refractivity contribution >= 4 is 27.5 Å². The predicted octanol–water partition coefficient (Wildman–Crippen LogP) is 4.86. The van der Waals surface area contributed by atoms with Gasteiger partial charge >= 0.3 is 6.18 Å². The molecule has 0 radical (unpaired) electrons. The van der Waals surface area contributed by atoms with Crippen LogP contribution in [0.25, 0.3) is 0 Å². The number of hydrogen-bond acceptors (Lipinski definition) is 1. The maximum absolute atomic E-state index is 12.9. The molecule has 2 aromatic rings. The van der Waals surface area contributed by atoms with Gasteiger partial charge in [0.25, 0.3) is 5.91 Å². The number of anilines is 1. The highest BCUT2D eigenvalue weighted by molar-refractivity contribution is 9.10. The Balaban J connectivity index is 2.34. The Kier molecular flexibility index (Phi) is 4.32. The second kappa shape index (κ2) is 5.85. The Bertz CT molecular complexity index is 668. The van der Waals surface area contributed by atoms with Crippen LogP contribution in [0.3, 0.4) is 0 Å². The lowest BCUT2D eigenvalue weighted by Crippen LogP contribution is -2.18. The number of halogens is 5. The summed E-state index contributed by atoms with van der Waals surface area (Å²) in [7, 11) is 0. The van der Waals surface area contributed by atoms with E-state index in [2.05, 4.69) is 21.2 Å². The van der Waals surface area contributed by atoms with Crippen LogP contribution < -0.4 is 5.32 Å². The summed E-state index contributed by atoms with van der Waals surface area (Å²) in [4.78, 5) is 12.0. The van der Waals surface area contributed by atoms with Crippen LogP contribution in [0.5, 0.6) is 0 Å². The molecule has 0 bridgehead atoms. The van der Waals surface area contributed by atoms with Crippen molar-refractivity contribution in [2.75, 3.05) is 5.32 Å². The highest BCUT2D eigenvalue weighted by Crippen LogP contribution is 2.33. The second-order valence-electron chi connectivity index (χ2n) is 4.15. The first-order valence-corrected chi connectivity index (χ1v) is 6.50. The van der Waals surface area contributed by atoms with Crippen molar-refractivity contribution < 1.29 is 22.4 Å². The van der Waals surface area contributed by atoms with Gasteiger partial charge in [-0.05, 0) is 42.5 Å². The van der Waals surface area contributed by atoms with Crippen LogP contribution in [-0.4, -0.2) is 5.91 Å². The lowest BCUT2D eigenvalue weighted by molar-refractivity contribution is -0.137. The zero-order valence-electron chi connectivity index (χ0n) is 10.3. The number of benzene rings is 2. The van der Waals surface area contributed by atoms with Gasteiger partial charge in [-0.3, -0.25) is 4.79 Å². The fourth-order valence-corrected chi connectivity index (χ4v) is 2.04. The van der Waals surface area contributed by atoms with Crippen molar-refractivity contribution in [3.8, 4) is 0 Å².